The van der Waals surface area contributed by atoms with E-state index in [2.05, 4.69) is 36.4 Å². The zero-order valence-corrected chi connectivity index (χ0v) is 17.1. The van der Waals surface area contributed by atoms with E-state index in [1.807, 2.05) is 0 Å². The molecule has 21 heavy (non-hydrogen) atoms. The fraction of sp³-hybridized carbons (Fsp3) is 1.00. The van der Waals surface area contributed by atoms with Crippen LogP contribution in [0.15, 0.2) is 0 Å². The summed E-state index contributed by atoms with van der Waals surface area (Å²) in [5, 5.41) is 0. The minimum absolute atomic E-state index is 0.943. The molecule has 0 rings (SSSR count). The van der Waals surface area contributed by atoms with E-state index in [4.69, 9.17) is 0 Å². The Labute approximate surface area is 149 Å². The van der Waals surface area contributed by atoms with Crippen LogP contribution in [0.4, 0.5) is 0 Å². The quantitative estimate of drug-likeness (QED) is 0.129. The molecule has 1 heteroatoms. The lowest BCUT2D eigenvalue weighted by Crippen LogP contribution is -1.97. The normalized spacial score (nSPS) is 12.7. The third-order valence-electron chi connectivity index (χ3n) is 4.49. The maximum absolute atomic E-state index is 2.70. The lowest BCUT2D eigenvalue weighted by Gasteiger charge is -2.09. The number of unbranched alkanes of at least 4 members (excludes halogenated alkanes) is 13. The monoisotopic (exact) mass is 408 g/mol. The minimum atomic E-state index is 0.943. The number of alkyl halides is 1. The summed E-state index contributed by atoms with van der Waals surface area (Å²) in [6, 6.07) is 0. The van der Waals surface area contributed by atoms with E-state index in [1.165, 1.54) is 109 Å². The molecule has 0 fully saturated rings. The van der Waals surface area contributed by atoms with Crippen LogP contribution < -0.4 is 0 Å². The van der Waals surface area contributed by atoms with E-state index in [0.717, 1.165) is 3.92 Å². The molecule has 0 amide bonds. The molecule has 0 saturated carbocycles. The summed E-state index contributed by atoms with van der Waals surface area (Å²) >= 11 is 2.70. The highest BCUT2D eigenvalue weighted by Crippen LogP contribution is 2.20. The standard InChI is InChI=1S/C20H41I/c1-3-5-7-9-11-13-15-17-19-20(21)18-16-14-12-10-8-6-4-2/h20H,3-19H2,1-2H3. The van der Waals surface area contributed by atoms with Crippen molar-refractivity contribution in [2.24, 2.45) is 0 Å². The zero-order chi connectivity index (χ0) is 15.6. The highest BCUT2D eigenvalue weighted by atomic mass is 127. The predicted octanol–water partition coefficient (Wildman–Crippen LogP) is 8.46. The molecule has 0 bridgehead atoms. The zero-order valence-electron chi connectivity index (χ0n) is 15.0. The van der Waals surface area contributed by atoms with E-state index in [0.29, 0.717) is 0 Å². The largest absolute Gasteiger partial charge is 0.0826 e. The van der Waals surface area contributed by atoms with Crippen LogP contribution in [-0.2, 0) is 0 Å². The summed E-state index contributed by atoms with van der Waals surface area (Å²) < 4.78 is 0.943. The van der Waals surface area contributed by atoms with Gasteiger partial charge in [-0.3, -0.25) is 0 Å². The van der Waals surface area contributed by atoms with Gasteiger partial charge in [0.05, 0.1) is 0 Å². The van der Waals surface area contributed by atoms with Gasteiger partial charge in [0.15, 0.2) is 0 Å². The van der Waals surface area contributed by atoms with Crippen molar-refractivity contribution in [3.63, 3.8) is 0 Å². The first-order valence-corrected chi connectivity index (χ1v) is 11.2. The fourth-order valence-electron chi connectivity index (χ4n) is 2.97. The van der Waals surface area contributed by atoms with E-state index in [1.54, 1.807) is 0 Å². The Bertz CT molecular complexity index is 179. The van der Waals surface area contributed by atoms with Crippen molar-refractivity contribution in [2.75, 3.05) is 0 Å². The molecule has 0 aliphatic heterocycles. The maximum atomic E-state index is 2.70. The summed E-state index contributed by atoms with van der Waals surface area (Å²) in [5.41, 5.74) is 0. The first-order chi connectivity index (χ1) is 10.3. The second-order valence-corrected chi connectivity index (χ2v) is 8.53. The molecule has 0 nitrogen and oxygen atoms in total. The van der Waals surface area contributed by atoms with E-state index >= 15 is 0 Å². The fourth-order valence-corrected chi connectivity index (χ4v) is 3.85. The van der Waals surface area contributed by atoms with E-state index in [9.17, 15) is 0 Å². The summed E-state index contributed by atoms with van der Waals surface area (Å²) in [5.74, 6) is 0. The van der Waals surface area contributed by atoms with Gasteiger partial charge >= 0.3 is 0 Å². The predicted molar refractivity (Wildman–Crippen MR) is 108 cm³/mol. The van der Waals surface area contributed by atoms with Crippen molar-refractivity contribution in [3.8, 4) is 0 Å². The van der Waals surface area contributed by atoms with Crippen molar-refractivity contribution in [3.05, 3.63) is 0 Å². The van der Waals surface area contributed by atoms with Crippen LogP contribution in [0.5, 0.6) is 0 Å². The maximum Gasteiger partial charge on any atom is 0.0110 e. The molecule has 128 valence electrons. The van der Waals surface area contributed by atoms with Gasteiger partial charge in [-0.15, -0.1) is 0 Å². The average molecular weight is 408 g/mol. The summed E-state index contributed by atoms with van der Waals surface area (Å²) in [6.45, 7) is 4.59. The molecule has 0 aromatic carbocycles. The molecule has 1 atom stereocenters. The van der Waals surface area contributed by atoms with Gasteiger partial charge in [-0.05, 0) is 12.8 Å². The SMILES string of the molecule is CCCCCCCCCCC(I)CCCCCCCCC. The van der Waals surface area contributed by atoms with Crippen LogP contribution in [0, 0.1) is 0 Å². The van der Waals surface area contributed by atoms with Gasteiger partial charge in [0.2, 0.25) is 0 Å². The highest BCUT2D eigenvalue weighted by Gasteiger charge is 2.03. The van der Waals surface area contributed by atoms with Gasteiger partial charge in [0.25, 0.3) is 0 Å². The van der Waals surface area contributed by atoms with Crippen LogP contribution in [0.2, 0.25) is 0 Å². The van der Waals surface area contributed by atoms with Crippen LogP contribution in [0.25, 0.3) is 0 Å². The Hall–Kier alpha value is 0.730. The Morgan fingerprint density at radius 2 is 0.762 bits per heavy atom. The molecular formula is C20H41I. The third kappa shape index (κ3) is 18.7. The van der Waals surface area contributed by atoms with Gasteiger partial charge in [0.1, 0.15) is 0 Å². The number of hydrogen-bond acceptors (Lipinski definition) is 0. The second-order valence-electron chi connectivity index (χ2n) is 6.77. The minimum Gasteiger partial charge on any atom is -0.0826 e. The van der Waals surface area contributed by atoms with Crippen molar-refractivity contribution in [2.45, 2.75) is 127 Å². The van der Waals surface area contributed by atoms with Crippen LogP contribution in [0.1, 0.15) is 123 Å². The Morgan fingerprint density at radius 1 is 0.476 bits per heavy atom. The van der Waals surface area contributed by atoms with Crippen molar-refractivity contribution < 1.29 is 0 Å². The van der Waals surface area contributed by atoms with E-state index < -0.39 is 0 Å². The van der Waals surface area contributed by atoms with Gasteiger partial charge in [0, 0.05) is 3.92 Å². The average Bonchev–Trinajstić information content (AvgIpc) is 2.49. The van der Waals surface area contributed by atoms with Crippen molar-refractivity contribution in [1.82, 2.24) is 0 Å². The van der Waals surface area contributed by atoms with Crippen LogP contribution in [-0.4, -0.2) is 3.92 Å². The summed E-state index contributed by atoms with van der Waals surface area (Å²) in [4.78, 5) is 0. The molecule has 0 radical (unpaired) electrons. The molecule has 0 spiro atoms. The second kappa shape index (κ2) is 18.8. The molecule has 0 N–H and O–H groups in total. The van der Waals surface area contributed by atoms with Crippen molar-refractivity contribution in [1.29, 1.82) is 0 Å². The third-order valence-corrected chi connectivity index (χ3v) is 5.74. The topological polar surface area (TPSA) is 0 Å². The molecule has 0 saturated heterocycles. The summed E-state index contributed by atoms with van der Waals surface area (Å²) in [6.07, 6.45) is 24.7. The Kier molecular flexibility index (Phi) is 19.4. The van der Waals surface area contributed by atoms with E-state index in [-0.39, 0.29) is 0 Å². The summed E-state index contributed by atoms with van der Waals surface area (Å²) in [7, 11) is 0. The Balaban J connectivity index is 3.11. The number of halogens is 1. The molecule has 0 aliphatic rings. The molecule has 0 heterocycles. The lowest BCUT2D eigenvalue weighted by atomic mass is 10.0. The first kappa shape index (κ1) is 21.7. The number of hydrogen-bond donors (Lipinski definition) is 0. The molecule has 0 aromatic heterocycles. The molecule has 0 aliphatic carbocycles. The highest BCUT2D eigenvalue weighted by molar-refractivity contribution is 14.1. The number of rotatable bonds is 17. The van der Waals surface area contributed by atoms with Crippen molar-refractivity contribution >= 4 is 22.6 Å². The van der Waals surface area contributed by atoms with Gasteiger partial charge in [-0.1, -0.05) is 133 Å². The van der Waals surface area contributed by atoms with Crippen LogP contribution >= 0.6 is 22.6 Å². The van der Waals surface area contributed by atoms with Gasteiger partial charge in [-0.25, -0.2) is 0 Å². The lowest BCUT2D eigenvalue weighted by molar-refractivity contribution is 0.539. The molecule has 0 aromatic rings. The molecular weight excluding hydrogens is 367 g/mol. The first-order valence-electron chi connectivity index (χ1n) is 9.95. The van der Waals surface area contributed by atoms with Gasteiger partial charge < -0.3 is 0 Å². The molecule has 1 unspecified atom stereocenters. The van der Waals surface area contributed by atoms with Gasteiger partial charge in [-0.2, -0.15) is 0 Å². The Morgan fingerprint density at radius 3 is 1.10 bits per heavy atom. The van der Waals surface area contributed by atoms with Crippen LogP contribution in [0.3, 0.4) is 0 Å². The smallest absolute Gasteiger partial charge is 0.0110 e.